The van der Waals surface area contributed by atoms with Crippen LogP contribution in [0.5, 0.6) is 0 Å². The average molecular weight is 273 g/mol. The van der Waals surface area contributed by atoms with Crippen molar-refractivity contribution in [3.05, 3.63) is 77.0 Å². The summed E-state index contributed by atoms with van der Waals surface area (Å²) in [5.41, 5.74) is 9.58. The van der Waals surface area contributed by atoms with Crippen molar-refractivity contribution in [2.24, 2.45) is 0 Å². The molecule has 1 N–H and O–H groups in total. The van der Waals surface area contributed by atoms with Gasteiger partial charge in [0.15, 0.2) is 0 Å². The molecule has 0 saturated carbocycles. The molecule has 1 aliphatic carbocycles. The molecule has 1 heterocycles. The van der Waals surface area contributed by atoms with Crippen LogP contribution >= 0.6 is 0 Å². The highest BCUT2D eigenvalue weighted by atomic mass is 14.9. The molecule has 1 aliphatic heterocycles. The molecule has 0 aromatic heterocycles. The molecule has 1 unspecified atom stereocenters. The summed E-state index contributed by atoms with van der Waals surface area (Å²) in [6.45, 7) is 4.43. The summed E-state index contributed by atoms with van der Waals surface area (Å²) in [6, 6.07) is 13.2. The van der Waals surface area contributed by atoms with Crippen LogP contribution in [0.15, 0.2) is 60.3 Å². The van der Waals surface area contributed by atoms with Gasteiger partial charge in [0.05, 0.1) is 0 Å². The van der Waals surface area contributed by atoms with Gasteiger partial charge < -0.3 is 5.32 Å². The van der Waals surface area contributed by atoms with Crippen LogP contribution < -0.4 is 5.32 Å². The first-order valence-electron chi connectivity index (χ1n) is 7.59. The fourth-order valence-electron chi connectivity index (χ4n) is 3.60. The molecule has 4 rings (SSSR count). The third-order valence-electron chi connectivity index (χ3n) is 4.65. The van der Waals surface area contributed by atoms with Crippen LogP contribution in [0.4, 0.5) is 5.69 Å². The van der Waals surface area contributed by atoms with Crippen LogP contribution in [0.3, 0.4) is 0 Å². The predicted molar refractivity (Wildman–Crippen MR) is 89.6 cm³/mol. The van der Waals surface area contributed by atoms with E-state index in [0.29, 0.717) is 5.92 Å². The van der Waals surface area contributed by atoms with Crippen molar-refractivity contribution in [3.8, 4) is 11.1 Å². The number of hydrogen-bond acceptors (Lipinski definition) is 1. The summed E-state index contributed by atoms with van der Waals surface area (Å²) < 4.78 is 0. The highest BCUT2D eigenvalue weighted by Crippen LogP contribution is 2.48. The maximum Gasteiger partial charge on any atom is 0.0427 e. The Kier molecular flexibility index (Phi) is 2.75. The molecule has 2 aromatic carbocycles. The maximum atomic E-state index is 3.60. The van der Waals surface area contributed by atoms with Gasteiger partial charge in [-0.2, -0.15) is 0 Å². The summed E-state index contributed by atoms with van der Waals surface area (Å²) in [6.07, 6.45) is 7.74. The van der Waals surface area contributed by atoms with E-state index in [2.05, 4.69) is 73.8 Å². The monoisotopic (exact) mass is 273 g/mol. The molecule has 0 radical (unpaired) electrons. The van der Waals surface area contributed by atoms with Gasteiger partial charge in [-0.25, -0.2) is 0 Å². The third-order valence-corrected chi connectivity index (χ3v) is 4.65. The van der Waals surface area contributed by atoms with Crippen LogP contribution in [0.2, 0.25) is 0 Å². The van der Waals surface area contributed by atoms with Gasteiger partial charge in [0.1, 0.15) is 0 Å². The minimum Gasteiger partial charge on any atom is -0.358 e. The number of hydrogen-bond donors (Lipinski definition) is 1. The molecular formula is C20H19N. The number of allylic oxidation sites excluding steroid dienone is 4. The Morgan fingerprint density at radius 2 is 1.86 bits per heavy atom. The van der Waals surface area contributed by atoms with Crippen LogP contribution in [-0.4, -0.2) is 0 Å². The fraction of sp³-hybridized carbons (Fsp3) is 0.200. The van der Waals surface area contributed by atoms with E-state index in [4.69, 9.17) is 0 Å². The second kappa shape index (κ2) is 4.63. The lowest BCUT2D eigenvalue weighted by atomic mass is 9.83. The first-order valence-corrected chi connectivity index (χ1v) is 7.59. The Labute approximate surface area is 126 Å². The van der Waals surface area contributed by atoms with Gasteiger partial charge in [-0.1, -0.05) is 42.5 Å². The Morgan fingerprint density at radius 1 is 1.00 bits per heavy atom. The smallest absolute Gasteiger partial charge is 0.0427 e. The quantitative estimate of drug-likeness (QED) is 0.741. The average Bonchev–Trinajstić information content (AvgIpc) is 2.87. The number of rotatable bonds is 1. The number of aryl methyl sites for hydroxylation is 2. The summed E-state index contributed by atoms with van der Waals surface area (Å²) >= 11 is 0. The predicted octanol–water partition coefficient (Wildman–Crippen LogP) is 5.32. The van der Waals surface area contributed by atoms with E-state index in [0.717, 1.165) is 6.42 Å². The van der Waals surface area contributed by atoms with E-state index < -0.39 is 0 Å². The molecule has 0 amide bonds. The number of fused-ring (bicyclic) bond motifs is 3. The van der Waals surface area contributed by atoms with Crippen molar-refractivity contribution in [3.63, 3.8) is 0 Å². The van der Waals surface area contributed by atoms with Gasteiger partial charge >= 0.3 is 0 Å². The van der Waals surface area contributed by atoms with E-state index in [9.17, 15) is 0 Å². The standard InChI is InChI=1S/C20H19N/c1-13-7-3-4-8-15(13)19-14(2)11-12-18-20(19)16-9-5-6-10-17(16)21-18/h3-8,10-12,16,21H,9H2,1-2H3. The zero-order chi connectivity index (χ0) is 14.4. The van der Waals surface area contributed by atoms with Gasteiger partial charge in [-0.3, -0.25) is 0 Å². The summed E-state index contributed by atoms with van der Waals surface area (Å²) in [7, 11) is 0. The fourth-order valence-corrected chi connectivity index (χ4v) is 3.60. The molecule has 2 aromatic rings. The number of nitrogens with one attached hydrogen (secondary N) is 1. The minimum atomic E-state index is 0.486. The van der Waals surface area contributed by atoms with Gasteiger partial charge in [0.2, 0.25) is 0 Å². The first-order chi connectivity index (χ1) is 10.3. The van der Waals surface area contributed by atoms with Crippen molar-refractivity contribution in [1.29, 1.82) is 0 Å². The van der Waals surface area contributed by atoms with Crippen molar-refractivity contribution in [1.82, 2.24) is 0 Å². The van der Waals surface area contributed by atoms with Gasteiger partial charge in [0.25, 0.3) is 0 Å². The van der Waals surface area contributed by atoms with Crippen molar-refractivity contribution >= 4 is 5.69 Å². The van der Waals surface area contributed by atoms with Crippen LogP contribution in [-0.2, 0) is 0 Å². The van der Waals surface area contributed by atoms with E-state index in [1.54, 1.807) is 0 Å². The summed E-state index contributed by atoms with van der Waals surface area (Å²) in [4.78, 5) is 0. The Hall–Kier alpha value is -2.28. The summed E-state index contributed by atoms with van der Waals surface area (Å²) in [5, 5.41) is 3.60. The highest BCUT2D eigenvalue weighted by Gasteiger charge is 2.31. The lowest BCUT2D eigenvalue weighted by Gasteiger charge is -2.19. The molecular weight excluding hydrogens is 254 g/mol. The molecule has 104 valence electrons. The maximum absolute atomic E-state index is 3.60. The Balaban J connectivity index is 1.99. The van der Waals surface area contributed by atoms with Crippen molar-refractivity contribution in [2.75, 3.05) is 5.32 Å². The van der Waals surface area contributed by atoms with E-state index in [-0.39, 0.29) is 0 Å². The largest absolute Gasteiger partial charge is 0.358 e. The minimum absolute atomic E-state index is 0.486. The summed E-state index contributed by atoms with van der Waals surface area (Å²) in [5.74, 6) is 0.486. The SMILES string of the molecule is Cc1ccccc1-c1c(C)ccc2c1C1CC=CC=C1N2. The van der Waals surface area contributed by atoms with Crippen LogP contribution in [0.1, 0.15) is 29.0 Å². The Bertz CT molecular complexity index is 780. The van der Waals surface area contributed by atoms with E-state index in [1.165, 1.54) is 39.2 Å². The molecule has 21 heavy (non-hydrogen) atoms. The topological polar surface area (TPSA) is 12.0 Å². The third kappa shape index (κ3) is 1.84. The molecule has 2 aliphatic rings. The number of anilines is 1. The van der Waals surface area contributed by atoms with Crippen molar-refractivity contribution in [2.45, 2.75) is 26.2 Å². The van der Waals surface area contributed by atoms with Gasteiger partial charge in [-0.05, 0) is 60.2 Å². The second-order valence-electron chi connectivity index (χ2n) is 6.00. The second-order valence-corrected chi connectivity index (χ2v) is 6.00. The van der Waals surface area contributed by atoms with Gasteiger partial charge in [0, 0.05) is 17.3 Å². The molecule has 1 nitrogen and oxygen atoms in total. The van der Waals surface area contributed by atoms with Crippen molar-refractivity contribution < 1.29 is 0 Å². The molecule has 0 bridgehead atoms. The lowest BCUT2D eigenvalue weighted by Crippen LogP contribution is -2.03. The molecule has 1 heteroatoms. The molecule has 0 saturated heterocycles. The van der Waals surface area contributed by atoms with E-state index in [1.807, 2.05) is 0 Å². The Morgan fingerprint density at radius 3 is 2.71 bits per heavy atom. The van der Waals surface area contributed by atoms with Gasteiger partial charge in [-0.15, -0.1) is 0 Å². The zero-order valence-corrected chi connectivity index (χ0v) is 12.5. The zero-order valence-electron chi connectivity index (χ0n) is 12.5. The normalized spacial score (nSPS) is 18.8. The van der Waals surface area contributed by atoms with Crippen LogP contribution in [0.25, 0.3) is 11.1 Å². The first kappa shape index (κ1) is 12.5. The highest BCUT2D eigenvalue weighted by molar-refractivity contribution is 5.84. The lowest BCUT2D eigenvalue weighted by molar-refractivity contribution is 0.836. The van der Waals surface area contributed by atoms with Crippen LogP contribution in [0, 0.1) is 13.8 Å². The molecule has 1 atom stereocenters. The number of benzene rings is 2. The molecule has 0 spiro atoms. The molecule has 0 fully saturated rings. The van der Waals surface area contributed by atoms with E-state index >= 15 is 0 Å².